The van der Waals surface area contributed by atoms with E-state index in [-0.39, 0.29) is 28.4 Å². The quantitative estimate of drug-likeness (QED) is 0.392. The minimum atomic E-state index is -3.77. The Kier molecular flexibility index (Phi) is 6.44. The first kappa shape index (κ1) is 23.1. The molecule has 1 amide bonds. The van der Waals surface area contributed by atoms with Gasteiger partial charge >= 0.3 is 12.3 Å². The van der Waals surface area contributed by atoms with E-state index in [2.05, 4.69) is 19.9 Å². The zero-order chi connectivity index (χ0) is 24.3. The summed E-state index contributed by atoms with van der Waals surface area (Å²) in [5.41, 5.74) is -0.242. The van der Waals surface area contributed by atoms with Gasteiger partial charge in [0.25, 0.3) is 11.5 Å². The Hall–Kier alpha value is -4.02. The molecule has 1 aromatic heterocycles. The minimum absolute atomic E-state index is 0.0789. The summed E-state index contributed by atoms with van der Waals surface area (Å²) in [6.07, 6.45) is -1.19. The average molecular weight is 473 g/mol. The molecule has 4 rings (SSSR count). The van der Waals surface area contributed by atoms with Gasteiger partial charge in [-0.3, -0.25) is 9.59 Å². The fraction of sp³-hybridized carbons (Fsp3) is 0.304. The Bertz CT molecular complexity index is 1310. The number of amides is 1. The second-order valence-corrected chi connectivity index (χ2v) is 7.58. The largest absolute Gasteiger partial charge is 0.586 e. The minimum Gasteiger partial charge on any atom is -0.451 e. The van der Waals surface area contributed by atoms with Crippen LogP contribution in [-0.2, 0) is 16.1 Å². The number of anilines is 1. The van der Waals surface area contributed by atoms with Gasteiger partial charge in [0.2, 0.25) is 0 Å². The second-order valence-electron chi connectivity index (χ2n) is 7.58. The first-order chi connectivity index (χ1) is 16.3. The molecular weight excluding hydrogens is 452 g/mol. The number of hydrogen-bond donors (Lipinski definition) is 1. The molecule has 9 nitrogen and oxygen atoms in total. The molecule has 0 fully saturated rings. The molecule has 178 valence electrons. The van der Waals surface area contributed by atoms with Crippen molar-refractivity contribution < 1.29 is 32.6 Å². The normalized spacial score (nSPS) is 13.6. The van der Waals surface area contributed by atoms with E-state index in [0.717, 1.165) is 25.3 Å². The van der Waals surface area contributed by atoms with Crippen LogP contribution in [0.2, 0.25) is 0 Å². The third-order valence-corrected chi connectivity index (χ3v) is 5.05. The lowest BCUT2D eigenvalue weighted by Gasteiger charge is -2.11. The number of aromatic nitrogens is 2. The number of carbonyl (C=O) groups is 2. The Morgan fingerprint density at radius 1 is 1.09 bits per heavy atom. The van der Waals surface area contributed by atoms with Gasteiger partial charge in [-0.15, -0.1) is 8.78 Å². The molecular formula is C23H21F2N3O6. The molecule has 3 aromatic rings. The topological polar surface area (TPSA) is 109 Å². The molecule has 0 spiro atoms. The summed E-state index contributed by atoms with van der Waals surface area (Å²) in [7, 11) is 0. The number of esters is 1. The highest BCUT2D eigenvalue weighted by Gasteiger charge is 2.43. The maximum absolute atomic E-state index is 13.1. The van der Waals surface area contributed by atoms with Crippen LogP contribution in [0.4, 0.5) is 14.5 Å². The van der Waals surface area contributed by atoms with Crippen molar-refractivity contribution in [1.29, 1.82) is 0 Å². The van der Waals surface area contributed by atoms with E-state index in [1.54, 1.807) is 24.3 Å². The standard InChI is InChI=1S/C23H21F2N3O6/c1-2-3-6-11-28-21(30)16-8-5-4-7-15(16)20(27-28)22(31)32-13-19(29)26-14-9-10-17-18(12-14)34-23(24,25)33-17/h4-5,7-10,12H,2-3,6,11,13H2,1H3,(H,26,29). The van der Waals surface area contributed by atoms with E-state index in [0.29, 0.717) is 17.3 Å². The number of carbonyl (C=O) groups excluding carboxylic acids is 2. The van der Waals surface area contributed by atoms with Gasteiger partial charge in [-0.05, 0) is 24.6 Å². The highest BCUT2D eigenvalue weighted by molar-refractivity contribution is 6.03. The lowest BCUT2D eigenvalue weighted by Crippen LogP contribution is -2.28. The zero-order valence-electron chi connectivity index (χ0n) is 18.2. The molecule has 1 N–H and O–H groups in total. The molecule has 0 unspecified atom stereocenters. The van der Waals surface area contributed by atoms with Crippen molar-refractivity contribution in [3.05, 3.63) is 58.5 Å². The van der Waals surface area contributed by atoms with Gasteiger partial charge in [0.1, 0.15) is 0 Å². The lowest BCUT2D eigenvalue weighted by atomic mass is 10.1. The smallest absolute Gasteiger partial charge is 0.451 e. The zero-order valence-corrected chi connectivity index (χ0v) is 18.2. The molecule has 1 aliphatic heterocycles. The number of unbranched alkanes of at least 4 members (excludes halogenated alkanes) is 2. The Morgan fingerprint density at radius 2 is 1.82 bits per heavy atom. The average Bonchev–Trinajstić information content (AvgIpc) is 3.12. The molecule has 0 atom stereocenters. The molecule has 2 heterocycles. The van der Waals surface area contributed by atoms with Crippen LogP contribution in [0.1, 0.15) is 36.7 Å². The Morgan fingerprint density at radius 3 is 2.59 bits per heavy atom. The molecule has 1 aliphatic rings. The first-order valence-corrected chi connectivity index (χ1v) is 10.6. The maximum Gasteiger partial charge on any atom is 0.586 e. The van der Waals surface area contributed by atoms with Gasteiger partial charge in [0.05, 0.1) is 5.39 Å². The molecule has 2 aromatic carbocycles. The number of aryl methyl sites for hydroxylation is 1. The van der Waals surface area contributed by atoms with Crippen LogP contribution in [0.3, 0.4) is 0 Å². The van der Waals surface area contributed by atoms with Crippen molar-refractivity contribution in [1.82, 2.24) is 9.78 Å². The Labute approximate surface area is 192 Å². The number of nitrogens with zero attached hydrogens (tertiary/aromatic N) is 2. The number of nitrogens with one attached hydrogen (secondary N) is 1. The van der Waals surface area contributed by atoms with E-state index in [9.17, 15) is 23.2 Å². The predicted molar refractivity (Wildman–Crippen MR) is 117 cm³/mol. The maximum atomic E-state index is 13.1. The van der Waals surface area contributed by atoms with Gasteiger partial charge in [0, 0.05) is 23.7 Å². The van der Waals surface area contributed by atoms with E-state index in [1.165, 1.54) is 16.8 Å². The lowest BCUT2D eigenvalue weighted by molar-refractivity contribution is -0.286. The molecule has 0 saturated heterocycles. The number of ether oxygens (including phenoxy) is 3. The van der Waals surface area contributed by atoms with Gasteiger partial charge in [-0.25, -0.2) is 9.48 Å². The summed E-state index contributed by atoms with van der Waals surface area (Å²) >= 11 is 0. The van der Waals surface area contributed by atoms with Crippen molar-refractivity contribution in [2.45, 2.75) is 39.0 Å². The monoisotopic (exact) mass is 473 g/mol. The summed E-state index contributed by atoms with van der Waals surface area (Å²) < 4.78 is 41.3. The van der Waals surface area contributed by atoms with Crippen LogP contribution >= 0.6 is 0 Å². The fourth-order valence-electron chi connectivity index (χ4n) is 3.47. The van der Waals surface area contributed by atoms with E-state index in [1.807, 2.05) is 6.92 Å². The summed E-state index contributed by atoms with van der Waals surface area (Å²) in [5, 5.41) is 7.25. The molecule has 0 aliphatic carbocycles. The van der Waals surface area contributed by atoms with Crippen LogP contribution in [-0.4, -0.2) is 34.6 Å². The highest BCUT2D eigenvalue weighted by Crippen LogP contribution is 2.42. The number of halogens is 2. The third kappa shape index (κ3) is 4.98. The number of fused-ring (bicyclic) bond motifs is 2. The van der Waals surface area contributed by atoms with Gasteiger partial charge in [0.15, 0.2) is 23.8 Å². The fourth-order valence-corrected chi connectivity index (χ4v) is 3.47. The summed E-state index contributed by atoms with van der Waals surface area (Å²) in [6.45, 7) is 1.72. The van der Waals surface area contributed by atoms with Crippen LogP contribution in [0.5, 0.6) is 11.5 Å². The number of benzene rings is 2. The number of rotatable bonds is 8. The molecule has 0 saturated carbocycles. The van der Waals surface area contributed by atoms with Crippen LogP contribution in [0.15, 0.2) is 47.3 Å². The van der Waals surface area contributed by atoms with Crippen molar-refractivity contribution in [3.8, 4) is 11.5 Å². The van der Waals surface area contributed by atoms with E-state index >= 15 is 0 Å². The van der Waals surface area contributed by atoms with Gasteiger partial charge in [-0.1, -0.05) is 38.0 Å². The Balaban J connectivity index is 1.46. The van der Waals surface area contributed by atoms with E-state index < -0.39 is 24.8 Å². The van der Waals surface area contributed by atoms with Crippen molar-refractivity contribution in [2.75, 3.05) is 11.9 Å². The third-order valence-electron chi connectivity index (χ3n) is 5.05. The number of alkyl halides is 2. The highest BCUT2D eigenvalue weighted by atomic mass is 19.3. The molecule has 11 heteroatoms. The molecule has 0 bridgehead atoms. The van der Waals surface area contributed by atoms with Crippen LogP contribution in [0, 0.1) is 0 Å². The molecule has 34 heavy (non-hydrogen) atoms. The van der Waals surface area contributed by atoms with Crippen LogP contribution in [0.25, 0.3) is 10.8 Å². The predicted octanol–water partition coefficient (Wildman–Crippen LogP) is 3.70. The number of hydrogen-bond acceptors (Lipinski definition) is 7. The van der Waals surface area contributed by atoms with Crippen molar-refractivity contribution >= 4 is 28.3 Å². The van der Waals surface area contributed by atoms with E-state index in [4.69, 9.17) is 4.74 Å². The summed E-state index contributed by atoms with van der Waals surface area (Å²) in [6, 6.07) is 10.3. The first-order valence-electron chi connectivity index (χ1n) is 10.6. The van der Waals surface area contributed by atoms with Gasteiger partial charge < -0.3 is 19.5 Å². The van der Waals surface area contributed by atoms with Crippen molar-refractivity contribution in [2.24, 2.45) is 0 Å². The second kappa shape index (κ2) is 9.46. The SMILES string of the molecule is CCCCCn1nc(C(=O)OCC(=O)Nc2ccc3c(c2)OC(F)(F)O3)c2ccccc2c1=O. The molecule has 0 radical (unpaired) electrons. The van der Waals surface area contributed by atoms with Crippen molar-refractivity contribution in [3.63, 3.8) is 0 Å². The van der Waals surface area contributed by atoms with Crippen LogP contribution < -0.4 is 20.3 Å². The summed E-state index contributed by atoms with van der Waals surface area (Å²) in [4.78, 5) is 37.7. The van der Waals surface area contributed by atoms with Gasteiger partial charge in [-0.2, -0.15) is 5.10 Å². The summed E-state index contributed by atoms with van der Waals surface area (Å²) in [5.74, 6) is -1.98.